The molecular formula is C20H21NO5S. The van der Waals surface area contributed by atoms with E-state index in [0.29, 0.717) is 0 Å². The number of rotatable bonds is 4. The Labute approximate surface area is 158 Å². The first-order valence-corrected chi connectivity index (χ1v) is 9.44. The number of hydrogen-bond acceptors (Lipinski definition) is 5. The van der Waals surface area contributed by atoms with Crippen LogP contribution < -0.4 is 4.57 Å². The average Bonchev–Trinajstić information content (AvgIpc) is 2.68. The molecule has 0 saturated carbocycles. The zero-order valence-corrected chi connectivity index (χ0v) is 15.9. The monoisotopic (exact) mass is 387 g/mol. The van der Waals surface area contributed by atoms with E-state index in [-0.39, 0.29) is 6.61 Å². The van der Waals surface area contributed by atoms with E-state index in [1.165, 1.54) is 16.5 Å². The van der Waals surface area contributed by atoms with Crippen LogP contribution in [-0.4, -0.2) is 25.2 Å². The fourth-order valence-electron chi connectivity index (χ4n) is 2.45. The standard InChI is InChI=1S/C19H18NO.CH4O4S/c1-20-13-12-17(18-4-2-3-5-19(18)20)11-10-15-6-8-16(14-21)9-7-15;1-5-6(2,3)4/h2-13,21H,14H2,1H3;1H3,(H,2,3,4)/q+1;/p-1. The average molecular weight is 387 g/mol. The minimum Gasteiger partial charge on any atom is -0.726 e. The van der Waals surface area contributed by atoms with Gasteiger partial charge >= 0.3 is 0 Å². The predicted octanol–water partition coefficient (Wildman–Crippen LogP) is 2.42. The quantitative estimate of drug-likeness (QED) is 0.422. The summed E-state index contributed by atoms with van der Waals surface area (Å²) < 4.78 is 33.1. The number of aryl methyl sites for hydroxylation is 1. The number of aromatic nitrogens is 1. The van der Waals surface area contributed by atoms with Gasteiger partial charge in [-0.3, -0.25) is 4.18 Å². The van der Waals surface area contributed by atoms with Gasteiger partial charge in [-0.05, 0) is 22.8 Å². The summed E-state index contributed by atoms with van der Waals surface area (Å²) in [6.45, 7) is 0.0871. The molecular weight excluding hydrogens is 366 g/mol. The van der Waals surface area contributed by atoms with Crippen molar-refractivity contribution >= 4 is 33.5 Å². The lowest BCUT2D eigenvalue weighted by molar-refractivity contribution is -0.644. The Morgan fingerprint density at radius 1 is 1.07 bits per heavy atom. The SMILES string of the molecule is COS(=O)(=O)[O-].C[n+]1ccc(C=Cc2ccc(CO)cc2)c2ccccc21. The van der Waals surface area contributed by atoms with Crippen LogP contribution in [0.2, 0.25) is 0 Å². The first kappa shape index (κ1) is 20.7. The van der Waals surface area contributed by atoms with Crippen LogP contribution in [0.5, 0.6) is 0 Å². The normalized spacial score (nSPS) is 11.4. The second-order valence-corrected chi connectivity index (χ2v) is 6.86. The van der Waals surface area contributed by atoms with Crippen molar-refractivity contribution in [1.82, 2.24) is 0 Å². The molecule has 0 aliphatic rings. The highest BCUT2D eigenvalue weighted by molar-refractivity contribution is 7.80. The molecule has 1 aromatic heterocycles. The van der Waals surface area contributed by atoms with Crippen molar-refractivity contribution in [3.8, 4) is 0 Å². The van der Waals surface area contributed by atoms with Gasteiger partial charge < -0.3 is 9.66 Å². The molecule has 0 saturated heterocycles. The lowest BCUT2D eigenvalue weighted by atomic mass is 10.1. The third-order valence-electron chi connectivity index (χ3n) is 3.89. The second-order valence-electron chi connectivity index (χ2n) is 5.71. The van der Waals surface area contributed by atoms with E-state index in [9.17, 15) is 13.0 Å². The molecule has 0 amide bonds. The van der Waals surface area contributed by atoms with Gasteiger partial charge in [0.15, 0.2) is 6.20 Å². The number of aliphatic hydroxyl groups excluding tert-OH is 1. The summed E-state index contributed by atoms with van der Waals surface area (Å²) in [5, 5.41) is 10.3. The summed E-state index contributed by atoms with van der Waals surface area (Å²) in [6, 6.07) is 18.5. The predicted molar refractivity (Wildman–Crippen MR) is 103 cm³/mol. The molecule has 0 aliphatic heterocycles. The zero-order chi connectivity index (χ0) is 19.9. The minimum atomic E-state index is -4.41. The molecule has 0 spiro atoms. The summed E-state index contributed by atoms with van der Waals surface area (Å²) in [4.78, 5) is 0. The van der Waals surface area contributed by atoms with Crippen LogP contribution in [0.25, 0.3) is 23.1 Å². The van der Waals surface area contributed by atoms with E-state index in [1.807, 2.05) is 24.3 Å². The highest BCUT2D eigenvalue weighted by Crippen LogP contribution is 2.18. The van der Waals surface area contributed by atoms with Gasteiger partial charge in [0.1, 0.15) is 7.05 Å². The van der Waals surface area contributed by atoms with Gasteiger partial charge in [-0.1, -0.05) is 48.6 Å². The Morgan fingerprint density at radius 3 is 2.30 bits per heavy atom. The van der Waals surface area contributed by atoms with E-state index in [1.54, 1.807) is 0 Å². The van der Waals surface area contributed by atoms with Gasteiger partial charge in [0.2, 0.25) is 15.9 Å². The fourth-order valence-corrected chi connectivity index (χ4v) is 2.45. The molecule has 0 atom stereocenters. The molecule has 0 bridgehead atoms. The minimum absolute atomic E-state index is 0.0871. The molecule has 0 fully saturated rings. The van der Waals surface area contributed by atoms with Crippen molar-refractivity contribution in [3.05, 3.63) is 77.5 Å². The molecule has 3 aromatic rings. The third-order valence-corrected chi connectivity index (χ3v) is 4.30. The van der Waals surface area contributed by atoms with Gasteiger partial charge in [-0.15, -0.1) is 0 Å². The zero-order valence-electron chi connectivity index (χ0n) is 15.1. The molecule has 7 heteroatoms. The number of nitrogens with zero attached hydrogens (tertiary/aromatic N) is 1. The summed E-state index contributed by atoms with van der Waals surface area (Å²) >= 11 is 0. The Bertz CT molecular complexity index is 1030. The molecule has 2 aromatic carbocycles. The molecule has 27 heavy (non-hydrogen) atoms. The molecule has 1 N–H and O–H groups in total. The van der Waals surface area contributed by atoms with Crippen molar-refractivity contribution in [2.75, 3.05) is 7.11 Å². The molecule has 0 unspecified atom stereocenters. The number of benzene rings is 2. The number of fused-ring (bicyclic) bond motifs is 1. The van der Waals surface area contributed by atoms with Gasteiger partial charge in [-0.25, -0.2) is 13.0 Å². The van der Waals surface area contributed by atoms with Crippen LogP contribution >= 0.6 is 0 Å². The smallest absolute Gasteiger partial charge is 0.217 e. The van der Waals surface area contributed by atoms with Crippen molar-refractivity contribution in [3.63, 3.8) is 0 Å². The maximum atomic E-state index is 9.22. The Balaban J connectivity index is 0.000000380. The first-order valence-electron chi connectivity index (χ1n) is 8.11. The van der Waals surface area contributed by atoms with Crippen LogP contribution in [0.1, 0.15) is 16.7 Å². The van der Waals surface area contributed by atoms with E-state index in [4.69, 9.17) is 5.11 Å². The molecule has 3 rings (SSSR count). The van der Waals surface area contributed by atoms with Gasteiger partial charge in [0.05, 0.1) is 19.1 Å². The Hall–Kier alpha value is -2.58. The summed E-state index contributed by atoms with van der Waals surface area (Å²) in [5.41, 5.74) is 4.49. The van der Waals surface area contributed by atoms with Crippen molar-refractivity contribution in [2.24, 2.45) is 7.05 Å². The first-order chi connectivity index (χ1) is 12.8. The lowest BCUT2D eigenvalue weighted by Crippen LogP contribution is -2.28. The number of pyridine rings is 1. The highest BCUT2D eigenvalue weighted by Gasteiger charge is 2.06. The molecule has 6 nitrogen and oxygen atoms in total. The Kier molecular flexibility index (Phi) is 7.20. The van der Waals surface area contributed by atoms with Crippen LogP contribution in [0, 0.1) is 0 Å². The van der Waals surface area contributed by atoms with Gasteiger partial charge in [-0.2, -0.15) is 0 Å². The number of para-hydroxylation sites is 1. The van der Waals surface area contributed by atoms with Crippen LogP contribution in [0.4, 0.5) is 0 Å². The molecule has 1 heterocycles. The largest absolute Gasteiger partial charge is 0.726 e. The van der Waals surface area contributed by atoms with E-state index >= 15 is 0 Å². The summed E-state index contributed by atoms with van der Waals surface area (Å²) in [6.07, 6.45) is 6.32. The van der Waals surface area contributed by atoms with Crippen LogP contribution in [-0.2, 0) is 28.2 Å². The maximum Gasteiger partial charge on any atom is 0.217 e. The van der Waals surface area contributed by atoms with Gasteiger partial charge in [0, 0.05) is 12.1 Å². The number of aliphatic hydroxyl groups is 1. The fraction of sp³-hybridized carbons (Fsp3) is 0.150. The number of hydrogen-bond donors (Lipinski definition) is 1. The summed E-state index contributed by atoms with van der Waals surface area (Å²) in [7, 11) is -1.55. The highest BCUT2D eigenvalue weighted by atomic mass is 32.3. The molecule has 142 valence electrons. The second kappa shape index (κ2) is 9.38. The van der Waals surface area contributed by atoms with E-state index < -0.39 is 10.4 Å². The molecule has 0 aliphatic carbocycles. The Morgan fingerprint density at radius 2 is 1.70 bits per heavy atom. The third kappa shape index (κ3) is 6.26. The maximum absolute atomic E-state index is 9.22. The molecule has 0 radical (unpaired) electrons. The lowest BCUT2D eigenvalue weighted by Gasteiger charge is -2.01. The van der Waals surface area contributed by atoms with Crippen LogP contribution in [0.15, 0.2) is 60.8 Å². The van der Waals surface area contributed by atoms with E-state index in [2.05, 4.69) is 64.5 Å². The van der Waals surface area contributed by atoms with Crippen LogP contribution in [0.3, 0.4) is 0 Å². The summed E-state index contributed by atoms with van der Waals surface area (Å²) in [5.74, 6) is 0. The van der Waals surface area contributed by atoms with Crippen molar-refractivity contribution < 1.29 is 26.8 Å². The van der Waals surface area contributed by atoms with Crippen molar-refractivity contribution in [2.45, 2.75) is 6.61 Å². The van der Waals surface area contributed by atoms with Crippen molar-refractivity contribution in [1.29, 1.82) is 0 Å². The van der Waals surface area contributed by atoms with E-state index in [0.717, 1.165) is 18.2 Å². The van der Waals surface area contributed by atoms with Gasteiger partial charge in [0.25, 0.3) is 0 Å². The topological polar surface area (TPSA) is 90.5 Å².